The van der Waals surface area contributed by atoms with Crippen LogP contribution in [0.5, 0.6) is 0 Å². The van der Waals surface area contributed by atoms with Gasteiger partial charge in [0.15, 0.2) is 0 Å². The van der Waals surface area contributed by atoms with E-state index < -0.39 is 5.41 Å². The molecule has 0 aromatic carbocycles. The molecule has 0 aliphatic heterocycles. The van der Waals surface area contributed by atoms with E-state index in [0.29, 0.717) is 0 Å². The van der Waals surface area contributed by atoms with Gasteiger partial charge in [-0.3, -0.25) is 4.79 Å². The van der Waals surface area contributed by atoms with Crippen LogP contribution in [-0.2, 0) is 9.53 Å². The molecule has 0 spiro atoms. The fourth-order valence-electron chi connectivity index (χ4n) is 2.89. The standard InChI is InChI=1S/C16H28O2/c1-7-15(5,12-14(2,3)4)13(17)18-16(6)10-8-9-11-16/h7H,1,8-12H2,2-6H3. The van der Waals surface area contributed by atoms with Gasteiger partial charge in [-0.05, 0) is 51.4 Å². The molecule has 0 bridgehead atoms. The Bertz CT molecular complexity index is 318. The first kappa shape index (κ1) is 15.3. The lowest BCUT2D eigenvalue weighted by Gasteiger charge is -2.34. The SMILES string of the molecule is C=CC(C)(CC(C)(C)C)C(=O)OC1(C)CCCC1. The van der Waals surface area contributed by atoms with Crippen LogP contribution in [0.2, 0.25) is 0 Å². The molecule has 0 amide bonds. The summed E-state index contributed by atoms with van der Waals surface area (Å²) >= 11 is 0. The molecule has 1 unspecified atom stereocenters. The van der Waals surface area contributed by atoms with Crippen molar-refractivity contribution in [3.05, 3.63) is 12.7 Å². The molecule has 2 heteroatoms. The third kappa shape index (κ3) is 3.86. The zero-order valence-corrected chi connectivity index (χ0v) is 12.6. The van der Waals surface area contributed by atoms with Crippen molar-refractivity contribution in [2.75, 3.05) is 0 Å². The minimum atomic E-state index is -0.580. The zero-order valence-electron chi connectivity index (χ0n) is 12.6. The van der Waals surface area contributed by atoms with Gasteiger partial charge in [-0.1, -0.05) is 26.8 Å². The molecule has 1 atom stereocenters. The highest BCUT2D eigenvalue weighted by atomic mass is 16.6. The molecular formula is C16H28O2. The number of carbonyl (C=O) groups excluding carboxylic acids is 1. The molecule has 0 saturated heterocycles. The van der Waals surface area contributed by atoms with Gasteiger partial charge in [0, 0.05) is 0 Å². The van der Waals surface area contributed by atoms with E-state index >= 15 is 0 Å². The van der Waals surface area contributed by atoms with Crippen molar-refractivity contribution in [1.82, 2.24) is 0 Å². The maximum Gasteiger partial charge on any atom is 0.316 e. The lowest BCUT2D eigenvalue weighted by atomic mass is 9.75. The summed E-state index contributed by atoms with van der Waals surface area (Å²) in [6, 6.07) is 0. The van der Waals surface area contributed by atoms with Crippen molar-refractivity contribution in [2.45, 2.75) is 72.3 Å². The maximum atomic E-state index is 12.4. The summed E-state index contributed by atoms with van der Waals surface area (Å²) in [4.78, 5) is 12.4. The van der Waals surface area contributed by atoms with Crippen LogP contribution in [0.3, 0.4) is 0 Å². The zero-order chi connectivity index (χ0) is 14.0. The Morgan fingerprint density at radius 3 is 2.17 bits per heavy atom. The Morgan fingerprint density at radius 1 is 1.28 bits per heavy atom. The predicted molar refractivity (Wildman–Crippen MR) is 75.3 cm³/mol. The lowest BCUT2D eigenvalue weighted by molar-refractivity contribution is -0.168. The third-order valence-electron chi connectivity index (χ3n) is 3.81. The predicted octanol–water partition coefficient (Wildman–Crippen LogP) is 4.49. The number of hydrogen-bond donors (Lipinski definition) is 0. The van der Waals surface area contributed by atoms with E-state index in [9.17, 15) is 4.79 Å². The van der Waals surface area contributed by atoms with E-state index in [1.54, 1.807) is 6.08 Å². The first-order valence-electron chi connectivity index (χ1n) is 6.97. The summed E-state index contributed by atoms with van der Waals surface area (Å²) in [5.74, 6) is -0.114. The number of hydrogen-bond acceptors (Lipinski definition) is 2. The lowest BCUT2D eigenvalue weighted by Crippen LogP contribution is -2.38. The van der Waals surface area contributed by atoms with Crippen LogP contribution >= 0.6 is 0 Å². The van der Waals surface area contributed by atoms with Crippen LogP contribution in [0, 0.1) is 10.8 Å². The van der Waals surface area contributed by atoms with E-state index in [1.807, 2.05) is 6.92 Å². The molecule has 2 nitrogen and oxygen atoms in total. The number of esters is 1. The van der Waals surface area contributed by atoms with Gasteiger partial charge in [-0.25, -0.2) is 0 Å². The fraction of sp³-hybridized carbons (Fsp3) is 0.812. The number of carbonyl (C=O) groups is 1. The molecule has 1 saturated carbocycles. The molecule has 0 radical (unpaired) electrons. The Hall–Kier alpha value is -0.790. The third-order valence-corrected chi connectivity index (χ3v) is 3.81. The highest BCUT2D eigenvalue weighted by Gasteiger charge is 2.41. The summed E-state index contributed by atoms with van der Waals surface area (Å²) in [5.41, 5.74) is -0.748. The van der Waals surface area contributed by atoms with Crippen LogP contribution in [0.25, 0.3) is 0 Å². The van der Waals surface area contributed by atoms with Crippen molar-refractivity contribution < 1.29 is 9.53 Å². The number of rotatable bonds is 4. The van der Waals surface area contributed by atoms with Gasteiger partial charge in [0.2, 0.25) is 0 Å². The minimum Gasteiger partial charge on any atom is -0.459 e. The molecular weight excluding hydrogens is 224 g/mol. The minimum absolute atomic E-state index is 0.0819. The van der Waals surface area contributed by atoms with Crippen molar-refractivity contribution in [3.63, 3.8) is 0 Å². The first-order chi connectivity index (χ1) is 8.10. The monoisotopic (exact) mass is 252 g/mol. The smallest absolute Gasteiger partial charge is 0.316 e. The molecule has 0 heterocycles. The second kappa shape index (κ2) is 5.07. The van der Waals surface area contributed by atoms with Gasteiger partial charge in [0.25, 0.3) is 0 Å². The second-order valence-corrected chi connectivity index (χ2v) is 7.41. The van der Waals surface area contributed by atoms with E-state index in [-0.39, 0.29) is 17.0 Å². The average Bonchev–Trinajstić information content (AvgIpc) is 2.62. The molecule has 0 aromatic rings. The van der Waals surface area contributed by atoms with Crippen LogP contribution in [-0.4, -0.2) is 11.6 Å². The Labute approximate surface area is 112 Å². The van der Waals surface area contributed by atoms with Crippen LogP contribution < -0.4 is 0 Å². The molecule has 1 aliphatic carbocycles. The highest BCUT2D eigenvalue weighted by molar-refractivity contribution is 5.79. The molecule has 0 N–H and O–H groups in total. The second-order valence-electron chi connectivity index (χ2n) is 7.41. The molecule has 1 aliphatic rings. The van der Waals surface area contributed by atoms with Gasteiger partial charge >= 0.3 is 5.97 Å². The molecule has 18 heavy (non-hydrogen) atoms. The van der Waals surface area contributed by atoms with Crippen molar-refractivity contribution in [3.8, 4) is 0 Å². The van der Waals surface area contributed by atoms with Crippen LogP contribution in [0.1, 0.15) is 66.7 Å². The number of ether oxygens (including phenoxy) is 1. The van der Waals surface area contributed by atoms with E-state index in [2.05, 4.69) is 34.3 Å². The Kier molecular flexibility index (Phi) is 4.30. The summed E-state index contributed by atoms with van der Waals surface area (Å²) in [6.07, 6.45) is 6.81. The molecule has 104 valence electrons. The summed E-state index contributed by atoms with van der Waals surface area (Å²) in [6.45, 7) is 14.2. The largest absolute Gasteiger partial charge is 0.459 e. The fourth-order valence-corrected chi connectivity index (χ4v) is 2.89. The van der Waals surface area contributed by atoms with Gasteiger partial charge in [-0.2, -0.15) is 0 Å². The average molecular weight is 252 g/mol. The highest BCUT2D eigenvalue weighted by Crippen LogP contribution is 2.39. The van der Waals surface area contributed by atoms with E-state index in [4.69, 9.17) is 4.74 Å². The van der Waals surface area contributed by atoms with Gasteiger partial charge < -0.3 is 4.74 Å². The summed E-state index contributed by atoms with van der Waals surface area (Å²) in [5, 5.41) is 0. The first-order valence-corrected chi connectivity index (χ1v) is 6.97. The molecule has 1 fully saturated rings. The van der Waals surface area contributed by atoms with Crippen LogP contribution in [0.4, 0.5) is 0 Å². The topological polar surface area (TPSA) is 26.3 Å². The summed E-state index contributed by atoms with van der Waals surface area (Å²) < 4.78 is 5.79. The molecule has 0 aromatic heterocycles. The van der Waals surface area contributed by atoms with Crippen molar-refractivity contribution in [2.24, 2.45) is 10.8 Å². The van der Waals surface area contributed by atoms with Crippen LogP contribution in [0.15, 0.2) is 12.7 Å². The quantitative estimate of drug-likeness (QED) is 0.544. The normalized spacial score (nSPS) is 22.3. The maximum absolute atomic E-state index is 12.4. The summed E-state index contributed by atoms with van der Waals surface area (Å²) in [7, 11) is 0. The van der Waals surface area contributed by atoms with Crippen molar-refractivity contribution in [1.29, 1.82) is 0 Å². The van der Waals surface area contributed by atoms with Crippen molar-refractivity contribution >= 4 is 5.97 Å². The van der Waals surface area contributed by atoms with Gasteiger partial charge in [-0.15, -0.1) is 6.58 Å². The molecule has 1 rings (SSSR count). The van der Waals surface area contributed by atoms with Gasteiger partial charge in [0.1, 0.15) is 5.60 Å². The van der Waals surface area contributed by atoms with E-state index in [1.165, 1.54) is 0 Å². The Morgan fingerprint density at radius 2 is 1.78 bits per heavy atom. The Balaban J connectivity index is 2.75. The van der Waals surface area contributed by atoms with Gasteiger partial charge in [0.05, 0.1) is 5.41 Å². The van der Waals surface area contributed by atoms with E-state index in [0.717, 1.165) is 32.1 Å².